The van der Waals surface area contributed by atoms with Crippen LogP contribution in [0.15, 0.2) is 104 Å². The van der Waals surface area contributed by atoms with Gasteiger partial charge < -0.3 is 0 Å². The average Bonchev–Trinajstić information content (AvgIpc) is 2.96. The first kappa shape index (κ1) is 28.0. The summed E-state index contributed by atoms with van der Waals surface area (Å²) >= 11 is 10.3. The van der Waals surface area contributed by atoms with E-state index in [9.17, 15) is 15.8 Å². The van der Waals surface area contributed by atoms with Crippen LogP contribution in [0.2, 0.25) is 0 Å². The standard InChI is InChI=1S/C33H18Br3N3/c34-31-7-1-22(2-8-31)13-28(19-37)25-16-26(29(20-38)14-23-3-9-32(35)10-4-23)18-27(17-25)30(21-39)15-24-5-11-33(36)12-6-24/h1-18H/b28-13-,29-14-,30-15+. The van der Waals surface area contributed by atoms with Gasteiger partial charge in [0.1, 0.15) is 0 Å². The number of nitrogens with zero attached hydrogens (tertiary/aromatic N) is 3. The van der Waals surface area contributed by atoms with Crippen molar-refractivity contribution in [1.82, 2.24) is 0 Å². The largest absolute Gasteiger partial charge is 0.192 e. The van der Waals surface area contributed by atoms with E-state index in [4.69, 9.17) is 0 Å². The van der Waals surface area contributed by atoms with Gasteiger partial charge in [0.25, 0.3) is 0 Å². The predicted molar refractivity (Wildman–Crippen MR) is 169 cm³/mol. The Labute approximate surface area is 253 Å². The molecule has 0 aliphatic carbocycles. The second-order valence-corrected chi connectivity index (χ2v) is 11.2. The topological polar surface area (TPSA) is 71.4 Å². The molecule has 0 spiro atoms. The summed E-state index contributed by atoms with van der Waals surface area (Å²) in [5, 5.41) is 30.3. The average molecular weight is 696 g/mol. The molecule has 0 bridgehead atoms. The van der Waals surface area contributed by atoms with E-state index in [0.717, 1.165) is 30.1 Å². The maximum absolute atomic E-state index is 10.1. The number of benzene rings is 4. The van der Waals surface area contributed by atoms with Crippen molar-refractivity contribution in [3.8, 4) is 18.2 Å². The van der Waals surface area contributed by atoms with Crippen LogP contribution in [0.4, 0.5) is 0 Å². The van der Waals surface area contributed by atoms with Crippen LogP contribution in [-0.2, 0) is 0 Å². The molecule has 0 saturated carbocycles. The molecular formula is C33H18Br3N3. The minimum Gasteiger partial charge on any atom is -0.192 e. The summed E-state index contributed by atoms with van der Waals surface area (Å²) in [7, 11) is 0. The van der Waals surface area contributed by atoms with Crippen LogP contribution in [0.3, 0.4) is 0 Å². The third kappa shape index (κ3) is 7.53. The molecule has 0 amide bonds. The van der Waals surface area contributed by atoms with Crippen molar-refractivity contribution in [2.75, 3.05) is 0 Å². The quantitative estimate of drug-likeness (QED) is 0.149. The van der Waals surface area contributed by atoms with Gasteiger partial charge in [0.05, 0.1) is 34.9 Å². The fourth-order valence-electron chi connectivity index (χ4n) is 3.81. The molecule has 0 aromatic heterocycles. The maximum atomic E-state index is 10.1. The van der Waals surface area contributed by atoms with Gasteiger partial charge in [0, 0.05) is 13.4 Å². The van der Waals surface area contributed by atoms with Crippen LogP contribution in [0.5, 0.6) is 0 Å². The normalized spacial score (nSPS) is 11.8. The van der Waals surface area contributed by atoms with Gasteiger partial charge in [-0.05, 0) is 106 Å². The van der Waals surface area contributed by atoms with E-state index in [2.05, 4.69) is 66.0 Å². The Morgan fingerprint density at radius 3 is 0.872 bits per heavy atom. The Bertz CT molecular complexity index is 1500. The highest BCUT2D eigenvalue weighted by Gasteiger charge is 2.12. The molecular weight excluding hydrogens is 678 g/mol. The van der Waals surface area contributed by atoms with Crippen LogP contribution in [-0.4, -0.2) is 0 Å². The molecule has 39 heavy (non-hydrogen) atoms. The lowest BCUT2D eigenvalue weighted by atomic mass is 9.92. The molecule has 0 N–H and O–H groups in total. The van der Waals surface area contributed by atoms with Crippen molar-refractivity contribution in [2.24, 2.45) is 0 Å². The van der Waals surface area contributed by atoms with Crippen molar-refractivity contribution < 1.29 is 0 Å². The fraction of sp³-hybridized carbons (Fsp3) is 0. The smallest absolute Gasteiger partial charge is 0.0998 e. The molecule has 0 fully saturated rings. The monoisotopic (exact) mass is 693 g/mol. The summed E-state index contributed by atoms with van der Waals surface area (Å²) in [6.07, 6.45) is 5.39. The first-order chi connectivity index (χ1) is 18.9. The molecule has 4 aromatic rings. The molecule has 0 aliphatic heterocycles. The fourth-order valence-corrected chi connectivity index (χ4v) is 4.60. The Kier molecular flexibility index (Phi) is 9.48. The van der Waals surface area contributed by atoms with Crippen LogP contribution >= 0.6 is 47.8 Å². The third-order valence-electron chi connectivity index (χ3n) is 5.77. The van der Waals surface area contributed by atoms with E-state index in [-0.39, 0.29) is 0 Å². The zero-order chi connectivity index (χ0) is 27.8. The Morgan fingerprint density at radius 2 is 0.667 bits per heavy atom. The lowest BCUT2D eigenvalue weighted by Gasteiger charge is -2.10. The van der Waals surface area contributed by atoms with E-state index in [0.29, 0.717) is 33.4 Å². The molecule has 0 aliphatic rings. The van der Waals surface area contributed by atoms with E-state index < -0.39 is 0 Å². The molecule has 0 unspecified atom stereocenters. The van der Waals surface area contributed by atoms with E-state index in [1.54, 1.807) is 18.2 Å². The molecule has 4 rings (SSSR count). The van der Waals surface area contributed by atoms with E-state index in [1.807, 2.05) is 91.0 Å². The van der Waals surface area contributed by atoms with Crippen molar-refractivity contribution >= 4 is 82.7 Å². The number of nitriles is 3. The van der Waals surface area contributed by atoms with E-state index >= 15 is 0 Å². The summed E-state index contributed by atoms with van der Waals surface area (Å²) in [6.45, 7) is 0. The van der Waals surface area contributed by atoms with Gasteiger partial charge in [-0.2, -0.15) is 15.8 Å². The molecule has 3 nitrogen and oxygen atoms in total. The van der Waals surface area contributed by atoms with Gasteiger partial charge in [0.2, 0.25) is 0 Å². The summed E-state index contributed by atoms with van der Waals surface area (Å²) in [5.74, 6) is 0. The first-order valence-corrected chi connectivity index (χ1v) is 14.0. The number of hydrogen-bond acceptors (Lipinski definition) is 3. The van der Waals surface area contributed by atoms with Gasteiger partial charge in [-0.25, -0.2) is 0 Å². The molecule has 0 radical (unpaired) electrons. The van der Waals surface area contributed by atoms with Gasteiger partial charge in [-0.3, -0.25) is 0 Å². The molecule has 186 valence electrons. The second-order valence-electron chi connectivity index (χ2n) is 8.46. The Hall–Kier alpha value is -3.99. The van der Waals surface area contributed by atoms with Crippen LogP contribution in [0.25, 0.3) is 34.9 Å². The van der Waals surface area contributed by atoms with Gasteiger partial charge in [-0.1, -0.05) is 84.2 Å². The Morgan fingerprint density at radius 1 is 0.436 bits per heavy atom. The molecule has 0 saturated heterocycles. The molecule has 6 heteroatoms. The summed E-state index contributed by atoms with van der Waals surface area (Å²) < 4.78 is 2.82. The second kappa shape index (κ2) is 13.2. The zero-order valence-electron chi connectivity index (χ0n) is 20.4. The number of allylic oxidation sites excluding steroid dienone is 3. The van der Waals surface area contributed by atoms with Crippen molar-refractivity contribution in [1.29, 1.82) is 15.8 Å². The van der Waals surface area contributed by atoms with E-state index in [1.165, 1.54) is 0 Å². The maximum Gasteiger partial charge on any atom is 0.0998 e. The number of rotatable bonds is 6. The minimum absolute atomic E-state index is 0.419. The lowest BCUT2D eigenvalue weighted by Crippen LogP contribution is -1.93. The summed E-state index contributed by atoms with van der Waals surface area (Å²) in [4.78, 5) is 0. The van der Waals surface area contributed by atoms with Gasteiger partial charge in [0.15, 0.2) is 0 Å². The summed E-state index contributed by atoms with van der Waals surface area (Å²) in [5.41, 5.74) is 5.67. The number of hydrogen-bond donors (Lipinski definition) is 0. The van der Waals surface area contributed by atoms with Gasteiger partial charge >= 0.3 is 0 Å². The van der Waals surface area contributed by atoms with Crippen molar-refractivity contribution in [3.05, 3.63) is 138 Å². The third-order valence-corrected chi connectivity index (χ3v) is 7.36. The van der Waals surface area contributed by atoms with Gasteiger partial charge in [-0.15, -0.1) is 0 Å². The highest BCUT2D eigenvalue weighted by molar-refractivity contribution is 9.11. The van der Waals surface area contributed by atoms with Crippen LogP contribution in [0, 0.1) is 34.0 Å². The SMILES string of the molecule is N#C/C(=C\c1ccc(Br)cc1)c1cc(/C(C#N)=C\c2ccc(Br)cc2)cc(/C(C#N)=C\c2ccc(Br)cc2)c1. The summed E-state index contributed by atoms with van der Waals surface area (Å²) in [6, 6.07) is 35.3. The highest BCUT2D eigenvalue weighted by atomic mass is 79.9. The molecule has 0 heterocycles. The first-order valence-electron chi connectivity index (χ1n) is 11.7. The van der Waals surface area contributed by atoms with Crippen LogP contribution < -0.4 is 0 Å². The minimum atomic E-state index is 0.419. The zero-order valence-corrected chi connectivity index (χ0v) is 25.1. The van der Waals surface area contributed by atoms with Crippen molar-refractivity contribution in [2.45, 2.75) is 0 Å². The Balaban J connectivity index is 1.91. The highest BCUT2D eigenvalue weighted by Crippen LogP contribution is 2.30. The molecule has 0 atom stereocenters. The molecule has 4 aromatic carbocycles. The lowest BCUT2D eigenvalue weighted by molar-refractivity contribution is 1.48. The van der Waals surface area contributed by atoms with Crippen molar-refractivity contribution in [3.63, 3.8) is 0 Å². The predicted octanol–water partition coefficient (Wildman–Crippen LogP) is 10.2. The number of halogens is 3. The van der Waals surface area contributed by atoms with Crippen LogP contribution in [0.1, 0.15) is 33.4 Å².